The Bertz CT molecular complexity index is 1360. The van der Waals surface area contributed by atoms with Crippen LogP contribution in [0.4, 0.5) is 5.95 Å². The fraction of sp³-hybridized carbons (Fsp3) is 0.621. The maximum atomic E-state index is 14.1. The Morgan fingerprint density at radius 2 is 1.81 bits per heavy atom. The van der Waals surface area contributed by atoms with Crippen LogP contribution in [-0.4, -0.2) is 74.3 Å². The Morgan fingerprint density at radius 1 is 0.946 bits per heavy atom. The molecule has 4 heterocycles. The van der Waals surface area contributed by atoms with Gasteiger partial charge in [-0.3, -0.25) is 19.2 Å². The van der Waals surface area contributed by atoms with Crippen LogP contribution in [0.15, 0.2) is 29.2 Å². The average Bonchev–Trinajstić information content (AvgIpc) is 3.63. The highest BCUT2D eigenvalue weighted by Crippen LogP contribution is 2.33. The van der Waals surface area contributed by atoms with Gasteiger partial charge in [-0.2, -0.15) is 4.98 Å². The lowest BCUT2D eigenvalue weighted by atomic mass is 9.92. The van der Waals surface area contributed by atoms with Crippen molar-refractivity contribution in [1.29, 1.82) is 0 Å². The number of fused-ring (bicyclic) bond motifs is 4. The summed E-state index contributed by atoms with van der Waals surface area (Å²) in [6.45, 7) is 6.38. The molecule has 2 saturated heterocycles. The van der Waals surface area contributed by atoms with Crippen LogP contribution in [0.1, 0.15) is 63.0 Å². The van der Waals surface area contributed by atoms with Crippen LogP contribution in [-0.2, 0) is 6.54 Å². The zero-order valence-electron chi connectivity index (χ0n) is 21.6. The predicted molar refractivity (Wildman–Crippen MR) is 146 cm³/mol. The minimum absolute atomic E-state index is 0.0400. The quantitative estimate of drug-likeness (QED) is 0.499. The molecule has 2 aliphatic carbocycles. The largest absolute Gasteiger partial charge is 0.393 e. The number of pyridine rings is 1. The van der Waals surface area contributed by atoms with Gasteiger partial charge in [0, 0.05) is 61.8 Å². The molecule has 8 heteroatoms. The van der Waals surface area contributed by atoms with Crippen LogP contribution in [0.25, 0.3) is 21.8 Å². The zero-order valence-corrected chi connectivity index (χ0v) is 21.6. The van der Waals surface area contributed by atoms with Gasteiger partial charge in [0.15, 0.2) is 0 Å². The fourth-order valence-electron chi connectivity index (χ4n) is 6.83. The molecule has 0 unspecified atom stereocenters. The molecule has 2 saturated carbocycles. The molecule has 1 atom stereocenters. The first-order chi connectivity index (χ1) is 18.1. The number of nitrogens with one attached hydrogen (secondary N) is 1. The Labute approximate surface area is 217 Å². The Hall–Kier alpha value is -2.55. The number of benzene rings is 1. The summed E-state index contributed by atoms with van der Waals surface area (Å²) in [5.41, 5.74) is 1.96. The van der Waals surface area contributed by atoms with Crippen LogP contribution in [0.5, 0.6) is 0 Å². The lowest BCUT2D eigenvalue weighted by Crippen LogP contribution is -2.49. The topological polar surface area (TPSA) is 86.5 Å². The Kier molecular flexibility index (Phi) is 6.14. The van der Waals surface area contributed by atoms with Crippen LogP contribution in [0.3, 0.4) is 0 Å². The van der Waals surface area contributed by atoms with Crippen LogP contribution >= 0.6 is 0 Å². The highest BCUT2D eigenvalue weighted by atomic mass is 16.3. The second kappa shape index (κ2) is 9.64. The number of hydrogen-bond acceptors (Lipinski definition) is 7. The predicted octanol–water partition coefficient (Wildman–Crippen LogP) is 3.52. The van der Waals surface area contributed by atoms with E-state index in [0.29, 0.717) is 17.9 Å². The first kappa shape index (κ1) is 23.6. The standard InChI is InChI=1S/C29H38N6O2/c36-23-8-6-21(7-9-23)35-27-26(16-31-29(32-27)30-15-19-3-4-19)24-10-5-20(14-25(24)28(35)37)17-33-12-13-34-11-1-2-22(34)18-33/h5,10,14,16,19,21-23,36H,1-4,6-9,11-13,15,17-18H2,(H,30,31,32)/t21-,22-,23-/m0/s1. The highest BCUT2D eigenvalue weighted by Gasteiger charge is 2.31. The maximum absolute atomic E-state index is 14.1. The summed E-state index contributed by atoms with van der Waals surface area (Å²) in [5, 5.41) is 16.1. The van der Waals surface area contributed by atoms with E-state index in [-0.39, 0.29) is 17.7 Å². The van der Waals surface area contributed by atoms with Crippen LogP contribution < -0.4 is 10.9 Å². The molecule has 0 spiro atoms. The van der Waals surface area contributed by atoms with Crippen LogP contribution in [0, 0.1) is 5.92 Å². The van der Waals surface area contributed by atoms with Crippen LogP contribution in [0.2, 0.25) is 0 Å². The van der Waals surface area contributed by atoms with E-state index in [4.69, 9.17) is 4.98 Å². The number of hydrogen-bond donors (Lipinski definition) is 2. The lowest BCUT2D eigenvalue weighted by molar-refractivity contribution is 0.0994. The molecular formula is C29H38N6O2. The maximum Gasteiger partial charge on any atom is 0.260 e. The number of nitrogens with zero attached hydrogens (tertiary/aromatic N) is 5. The van der Waals surface area contributed by atoms with Gasteiger partial charge in [0.2, 0.25) is 5.95 Å². The van der Waals surface area contributed by atoms with Crippen molar-refractivity contribution in [2.75, 3.05) is 38.0 Å². The third kappa shape index (κ3) is 4.64. The second-order valence-electron chi connectivity index (χ2n) is 11.8. The molecule has 8 nitrogen and oxygen atoms in total. The van der Waals surface area contributed by atoms with Gasteiger partial charge in [-0.05, 0) is 80.8 Å². The molecule has 1 aromatic carbocycles. The molecule has 0 radical (unpaired) electrons. The summed E-state index contributed by atoms with van der Waals surface area (Å²) in [6, 6.07) is 7.15. The number of rotatable bonds is 6. The van der Waals surface area contributed by atoms with E-state index in [1.807, 2.05) is 10.8 Å². The molecule has 196 valence electrons. The number of piperazine rings is 1. The summed E-state index contributed by atoms with van der Waals surface area (Å²) in [4.78, 5) is 28.8. The molecular weight excluding hydrogens is 464 g/mol. The van der Waals surface area contributed by atoms with Gasteiger partial charge < -0.3 is 10.4 Å². The summed E-state index contributed by atoms with van der Waals surface area (Å²) < 4.78 is 1.93. The monoisotopic (exact) mass is 502 g/mol. The van der Waals surface area contributed by atoms with Crippen molar-refractivity contribution in [2.45, 2.75) is 76.1 Å². The molecule has 4 aliphatic rings. The number of anilines is 1. The second-order valence-corrected chi connectivity index (χ2v) is 11.8. The van der Waals surface area contributed by atoms with Gasteiger partial charge in [0.1, 0.15) is 5.65 Å². The van der Waals surface area contributed by atoms with Gasteiger partial charge >= 0.3 is 0 Å². The molecule has 2 aromatic heterocycles. The Morgan fingerprint density at radius 3 is 2.65 bits per heavy atom. The van der Waals surface area contributed by atoms with Crippen molar-refractivity contribution in [3.8, 4) is 0 Å². The third-order valence-corrected chi connectivity index (χ3v) is 9.17. The summed E-state index contributed by atoms with van der Waals surface area (Å²) in [5.74, 6) is 1.32. The summed E-state index contributed by atoms with van der Waals surface area (Å²) >= 11 is 0. The van der Waals surface area contributed by atoms with Crippen molar-refractivity contribution >= 4 is 27.8 Å². The fourth-order valence-corrected chi connectivity index (χ4v) is 6.83. The normalized spacial score (nSPS) is 27.1. The van der Waals surface area contributed by atoms with E-state index in [9.17, 15) is 9.90 Å². The van der Waals surface area contributed by atoms with Gasteiger partial charge in [-0.1, -0.05) is 12.1 Å². The minimum atomic E-state index is -0.268. The van der Waals surface area contributed by atoms with Gasteiger partial charge in [0.25, 0.3) is 5.56 Å². The van der Waals surface area contributed by atoms with E-state index in [2.05, 4.69) is 38.3 Å². The smallest absolute Gasteiger partial charge is 0.260 e. The zero-order chi connectivity index (χ0) is 24.9. The van der Waals surface area contributed by atoms with Crippen molar-refractivity contribution in [3.63, 3.8) is 0 Å². The summed E-state index contributed by atoms with van der Waals surface area (Å²) in [6.07, 6.45) is 9.81. The molecule has 7 rings (SSSR count). The first-order valence-corrected chi connectivity index (χ1v) is 14.3. The van der Waals surface area contributed by atoms with E-state index >= 15 is 0 Å². The lowest BCUT2D eigenvalue weighted by Gasteiger charge is -2.37. The molecule has 2 N–H and O–H groups in total. The van der Waals surface area contributed by atoms with Gasteiger partial charge in [-0.25, -0.2) is 4.98 Å². The summed E-state index contributed by atoms with van der Waals surface area (Å²) in [7, 11) is 0. The molecule has 37 heavy (non-hydrogen) atoms. The molecule has 4 fully saturated rings. The highest BCUT2D eigenvalue weighted by molar-refractivity contribution is 6.04. The van der Waals surface area contributed by atoms with Crippen molar-refractivity contribution in [1.82, 2.24) is 24.3 Å². The number of aliphatic hydroxyl groups is 1. The SMILES string of the molecule is O=c1c2cc(CN3CCN4CCC[C@H]4C3)ccc2c2cnc(NCC3CC3)nc2n1[C@H]1CC[C@H](O)CC1. The number of aromatic nitrogens is 3. The van der Waals surface area contributed by atoms with Gasteiger partial charge in [-0.15, -0.1) is 0 Å². The van der Waals surface area contributed by atoms with E-state index in [0.717, 1.165) is 80.2 Å². The third-order valence-electron chi connectivity index (χ3n) is 9.17. The minimum Gasteiger partial charge on any atom is -0.393 e. The van der Waals surface area contributed by atoms with Gasteiger partial charge in [0.05, 0.1) is 6.10 Å². The molecule has 2 aliphatic heterocycles. The van der Waals surface area contributed by atoms with Crippen molar-refractivity contribution in [3.05, 3.63) is 40.3 Å². The average molecular weight is 503 g/mol. The first-order valence-electron chi connectivity index (χ1n) is 14.3. The van der Waals surface area contributed by atoms with E-state index in [1.54, 1.807) is 0 Å². The van der Waals surface area contributed by atoms with Crippen molar-refractivity contribution in [2.24, 2.45) is 5.92 Å². The van der Waals surface area contributed by atoms with E-state index < -0.39 is 0 Å². The van der Waals surface area contributed by atoms with Crippen molar-refractivity contribution < 1.29 is 5.11 Å². The molecule has 0 amide bonds. The Balaban J connectivity index is 1.27. The molecule has 3 aromatic rings. The molecule has 0 bridgehead atoms. The number of aliphatic hydroxyl groups excluding tert-OH is 1. The van der Waals surface area contributed by atoms with E-state index in [1.165, 1.54) is 37.8 Å².